The van der Waals surface area contributed by atoms with Crippen LogP contribution in [0.1, 0.15) is 19.3 Å². The predicted molar refractivity (Wildman–Crippen MR) is 63.7 cm³/mol. The predicted octanol–water partition coefficient (Wildman–Crippen LogP) is -0.0571. The number of ether oxygens (including phenoxy) is 1. The molecule has 0 spiro atoms. The van der Waals surface area contributed by atoms with E-state index in [1.807, 2.05) is 0 Å². The number of hydrogen-bond acceptors (Lipinski definition) is 3. The number of carbonyl (C=O) groups excluding carboxylic acids is 2. The first kappa shape index (κ1) is 13.8. The maximum Gasteiger partial charge on any atom is 0.317 e. The van der Waals surface area contributed by atoms with Gasteiger partial charge in [-0.1, -0.05) is 0 Å². The van der Waals surface area contributed by atoms with Crippen LogP contribution in [0.4, 0.5) is 4.79 Å². The van der Waals surface area contributed by atoms with E-state index in [0.29, 0.717) is 19.2 Å². The van der Waals surface area contributed by atoms with Gasteiger partial charge in [-0.15, -0.1) is 0 Å². The molecule has 0 heterocycles. The Kier molecular flexibility index (Phi) is 5.76. The van der Waals surface area contributed by atoms with Crippen molar-refractivity contribution in [3.05, 3.63) is 0 Å². The zero-order chi connectivity index (χ0) is 12.7. The molecule has 0 atom stereocenters. The SMILES string of the molecule is COCCNC(=O)CN(C)C(=O)NC1CCC1. The number of rotatable bonds is 6. The summed E-state index contributed by atoms with van der Waals surface area (Å²) in [6.45, 7) is 1.01. The summed E-state index contributed by atoms with van der Waals surface area (Å²) in [6, 6.07) is 0.109. The van der Waals surface area contributed by atoms with Gasteiger partial charge in [0.1, 0.15) is 6.54 Å². The van der Waals surface area contributed by atoms with E-state index >= 15 is 0 Å². The van der Waals surface area contributed by atoms with Crippen molar-refractivity contribution in [2.24, 2.45) is 0 Å². The van der Waals surface area contributed by atoms with Crippen LogP contribution in [0.25, 0.3) is 0 Å². The molecule has 2 N–H and O–H groups in total. The second-order valence-electron chi connectivity index (χ2n) is 4.28. The van der Waals surface area contributed by atoms with Gasteiger partial charge in [-0.2, -0.15) is 0 Å². The van der Waals surface area contributed by atoms with E-state index in [0.717, 1.165) is 12.8 Å². The molecule has 3 amide bonds. The average molecular weight is 243 g/mol. The number of likely N-dealkylation sites (N-methyl/N-ethyl adjacent to an activating group) is 1. The summed E-state index contributed by atoms with van der Waals surface area (Å²) in [5.41, 5.74) is 0. The van der Waals surface area contributed by atoms with Crippen molar-refractivity contribution in [3.8, 4) is 0 Å². The van der Waals surface area contributed by atoms with Crippen molar-refractivity contribution in [1.29, 1.82) is 0 Å². The van der Waals surface area contributed by atoms with E-state index in [2.05, 4.69) is 10.6 Å². The first-order valence-electron chi connectivity index (χ1n) is 5.90. The number of nitrogens with zero attached hydrogens (tertiary/aromatic N) is 1. The van der Waals surface area contributed by atoms with Crippen LogP contribution in [-0.2, 0) is 9.53 Å². The summed E-state index contributed by atoms with van der Waals surface area (Å²) in [6.07, 6.45) is 3.26. The van der Waals surface area contributed by atoms with Gasteiger partial charge in [0, 0.05) is 26.7 Å². The number of carbonyl (C=O) groups is 2. The van der Waals surface area contributed by atoms with Crippen LogP contribution in [0.5, 0.6) is 0 Å². The molecule has 0 aromatic rings. The molecule has 6 nitrogen and oxygen atoms in total. The summed E-state index contributed by atoms with van der Waals surface area (Å²) in [5.74, 6) is -0.173. The summed E-state index contributed by atoms with van der Waals surface area (Å²) < 4.78 is 4.81. The number of amides is 3. The Morgan fingerprint density at radius 1 is 1.41 bits per heavy atom. The average Bonchev–Trinajstić information content (AvgIpc) is 2.23. The zero-order valence-corrected chi connectivity index (χ0v) is 10.5. The van der Waals surface area contributed by atoms with E-state index in [9.17, 15) is 9.59 Å². The molecule has 98 valence electrons. The lowest BCUT2D eigenvalue weighted by atomic mass is 9.93. The third-order valence-corrected chi connectivity index (χ3v) is 2.79. The smallest absolute Gasteiger partial charge is 0.317 e. The van der Waals surface area contributed by atoms with Crippen molar-refractivity contribution in [2.45, 2.75) is 25.3 Å². The third-order valence-electron chi connectivity index (χ3n) is 2.79. The normalized spacial score (nSPS) is 14.9. The number of nitrogens with one attached hydrogen (secondary N) is 2. The van der Waals surface area contributed by atoms with Crippen molar-refractivity contribution < 1.29 is 14.3 Å². The fraction of sp³-hybridized carbons (Fsp3) is 0.818. The highest BCUT2D eigenvalue weighted by atomic mass is 16.5. The van der Waals surface area contributed by atoms with Crippen molar-refractivity contribution in [1.82, 2.24) is 15.5 Å². The topological polar surface area (TPSA) is 70.7 Å². The van der Waals surface area contributed by atoms with Crippen LogP contribution in [-0.4, -0.2) is 56.7 Å². The number of urea groups is 1. The van der Waals surface area contributed by atoms with Gasteiger partial charge in [0.15, 0.2) is 0 Å². The van der Waals surface area contributed by atoms with Crippen molar-refractivity contribution in [3.63, 3.8) is 0 Å². The molecular weight excluding hydrogens is 222 g/mol. The fourth-order valence-corrected chi connectivity index (χ4v) is 1.47. The Hall–Kier alpha value is -1.30. The molecule has 1 saturated carbocycles. The lowest BCUT2D eigenvalue weighted by Gasteiger charge is -2.28. The van der Waals surface area contributed by atoms with E-state index in [1.54, 1.807) is 14.2 Å². The minimum atomic E-state index is -0.184. The van der Waals surface area contributed by atoms with Crippen LogP contribution in [0.15, 0.2) is 0 Å². The first-order valence-corrected chi connectivity index (χ1v) is 5.90. The second kappa shape index (κ2) is 7.11. The van der Waals surface area contributed by atoms with E-state index in [1.165, 1.54) is 11.3 Å². The van der Waals surface area contributed by atoms with E-state index in [4.69, 9.17) is 4.74 Å². The van der Waals surface area contributed by atoms with E-state index < -0.39 is 0 Å². The molecule has 0 bridgehead atoms. The zero-order valence-electron chi connectivity index (χ0n) is 10.5. The van der Waals surface area contributed by atoms with Crippen molar-refractivity contribution in [2.75, 3.05) is 33.9 Å². The van der Waals surface area contributed by atoms with Crippen LogP contribution >= 0.6 is 0 Å². The summed E-state index contributed by atoms with van der Waals surface area (Å²) >= 11 is 0. The maximum absolute atomic E-state index is 11.6. The molecule has 1 fully saturated rings. The number of hydrogen-bond donors (Lipinski definition) is 2. The monoisotopic (exact) mass is 243 g/mol. The standard InChI is InChI=1S/C11H21N3O3/c1-14(8-10(15)12-6-7-17-2)11(16)13-9-4-3-5-9/h9H,3-8H2,1-2H3,(H,12,15)(H,13,16). The van der Waals surface area contributed by atoms with Crippen LogP contribution in [0, 0.1) is 0 Å². The van der Waals surface area contributed by atoms with Gasteiger partial charge in [-0.3, -0.25) is 4.79 Å². The Bertz CT molecular complexity index is 267. The highest BCUT2D eigenvalue weighted by Gasteiger charge is 2.21. The molecule has 1 aliphatic rings. The molecule has 0 saturated heterocycles. The molecule has 6 heteroatoms. The molecular formula is C11H21N3O3. The first-order chi connectivity index (χ1) is 8.13. The fourth-order valence-electron chi connectivity index (χ4n) is 1.47. The largest absolute Gasteiger partial charge is 0.383 e. The minimum Gasteiger partial charge on any atom is -0.383 e. The Morgan fingerprint density at radius 2 is 2.12 bits per heavy atom. The maximum atomic E-state index is 11.6. The van der Waals surface area contributed by atoms with Gasteiger partial charge >= 0.3 is 6.03 Å². The minimum absolute atomic E-state index is 0.0717. The van der Waals surface area contributed by atoms with Crippen LogP contribution in [0.3, 0.4) is 0 Å². The quantitative estimate of drug-likeness (QED) is 0.642. The summed E-state index contributed by atoms with van der Waals surface area (Å²) in [4.78, 5) is 24.4. The molecule has 0 aromatic carbocycles. The Morgan fingerprint density at radius 3 is 2.65 bits per heavy atom. The molecule has 17 heavy (non-hydrogen) atoms. The van der Waals surface area contributed by atoms with Gasteiger partial charge < -0.3 is 20.3 Å². The third kappa shape index (κ3) is 5.04. The summed E-state index contributed by atoms with van der Waals surface area (Å²) in [7, 11) is 3.19. The van der Waals surface area contributed by atoms with Gasteiger partial charge in [0.25, 0.3) is 0 Å². The van der Waals surface area contributed by atoms with Crippen LogP contribution in [0.2, 0.25) is 0 Å². The lowest BCUT2D eigenvalue weighted by Crippen LogP contribution is -2.48. The van der Waals surface area contributed by atoms with Gasteiger partial charge in [0.2, 0.25) is 5.91 Å². The highest BCUT2D eigenvalue weighted by molar-refractivity contribution is 5.83. The van der Waals surface area contributed by atoms with Crippen LogP contribution < -0.4 is 10.6 Å². The van der Waals surface area contributed by atoms with Crippen molar-refractivity contribution >= 4 is 11.9 Å². The lowest BCUT2D eigenvalue weighted by molar-refractivity contribution is -0.121. The molecule has 1 aliphatic carbocycles. The van der Waals surface area contributed by atoms with Gasteiger partial charge in [-0.05, 0) is 19.3 Å². The van der Waals surface area contributed by atoms with Gasteiger partial charge in [-0.25, -0.2) is 4.79 Å². The Balaban J connectivity index is 2.15. The molecule has 0 aromatic heterocycles. The molecule has 0 unspecified atom stereocenters. The molecule has 0 radical (unpaired) electrons. The van der Waals surface area contributed by atoms with Gasteiger partial charge in [0.05, 0.1) is 6.61 Å². The molecule has 1 rings (SSSR count). The Labute approximate surface area is 102 Å². The van der Waals surface area contributed by atoms with E-state index in [-0.39, 0.29) is 18.5 Å². The number of methoxy groups -OCH3 is 1. The summed E-state index contributed by atoms with van der Waals surface area (Å²) in [5, 5.41) is 5.54. The highest BCUT2D eigenvalue weighted by Crippen LogP contribution is 2.17. The second-order valence-corrected chi connectivity index (χ2v) is 4.28. The molecule has 0 aliphatic heterocycles.